The summed E-state index contributed by atoms with van der Waals surface area (Å²) in [6.07, 6.45) is 0.567. The SMILES string of the molecule is Cc1cccc2[nH]c(N)c(CCC(=O)O)c12. The molecule has 0 aliphatic rings. The van der Waals surface area contributed by atoms with E-state index in [2.05, 4.69) is 4.98 Å². The van der Waals surface area contributed by atoms with Crippen LogP contribution in [0.15, 0.2) is 18.2 Å². The van der Waals surface area contributed by atoms with Gasteiger partial charge in [-0.3, -0.25) is 4.79 Å². The third-order valence-corrected chi connectivity index (χ3v) is 2.76. The molecule has 0 spiro atoms. The van der Waals surface area contributed by atoms with Crippen molar-refractivity contribution in [1.29, 1.82) is 0 Å². The van der Waals surface area contributed by atoms with E-state index in [-0.39, 0.29) is 6.42 Å². The number of nitrogens with one attached hydrogen (secondary N) is 1. The maximum Gasteiger partial charge on any atom is 0.303 e. The number of H-pyrrole nitrogens is 1. The molecular formula is C12H14N2O2. The summed E-state index contributed by atoms with van der Waals surface area (Å²) in [5, 5.41) is 9.75. The van der Waals surface area contributed by atoms with Crippen molar-refractivity contribution in [2.24, 2.45) is 0 Å². The molecule has 0 amide bonds. The van der Waals surface area contributed by atoms with E-state index >= 15 is 0 Å². The standard InChI is InChI=1S/C12H14N2O2/c1-7-3-2-4-9-11(7)8(12(13)14-9)5-6-10(15)16/h2-4,14H,5-6,13H2,1H3,(H,15,16). The Morgan fingerprint density at radius 3 is 2.94 bits per heavy atom. The summed E-state index contributed by atoms with van der Waals surface area (Å²) in [5.74, 6) is -0.229. The van der Waals surface area contributed by atoms with E-state index in [1.807, 2.05) is 25.1 Å². The normalized spacial score (nSPS) is 10.8. The monoisotopic (exact) mass is 218 g/mol. The first-order valence-corrected chi connectivity index (χ1v) is 5.17. The van der Waals surface area contributed by atoms with Crippen LogP contribution in [0.3, 0.4) is 0 Å². The largest absolute Gasteiger partial charge is 0.481 e. The zero-order valence-corrected chi connectivity index (χ0v) is 9.08. The third-order valence-electron chi connectivity index (χ3n) is 2.76. The molecule has 2 rings (SSSR count). The van der Waals surface area contributed by atoms with Gasteiger partial charge in [-0.2, -0.15) is 0 Å². The summed E-state index contributed by atoms with van der Waals surface area (Å²) in [6, 6.07) is 5.90. The van der Waals surface area contributed by atoms with Gasteiger partial charge in [0, 0.05) is 22.9 Å². The predicted octanol–water partition coefficient (Wildman–Crippen LogP) is 2.08. The molecule has 1 heterocycles. The van der Waals surface area contributed by atoms with Crippen LogP contribution in [-0.2, 0) is 11.2 Å². The fourth-order valence-electron chi connectivity index (χ4n) is 2.02. The molecule has 4 heteroatoms. The minimum atomic E-state index is -0.803. The van der Waals surface area contributed by atoms with E-state index < -0.39 is 5.97 Å². The Labute approximate surface area is 93.1 Å². The molecule has 4 N–H and O–H groups in total. The highest BCUT2D eigenvalue weighted by atomic mass is 16.4. The molecule has 0 unspecified atom stereocenters. The Kier molecular flexibility index (Phi) is 2.56. The Bertz CT molecular complexity index is 543. The van der Waals surface area contributed by atoms with Crippen molar-refractivity contribution in [3.8, 4) is 0 Å². The first-order chi connectivity index (χ1) is 7.59. The highest BCUT2D eigenvalue weighted by Gasteiger charge is 2.11. The number of benzene rings is 1. The van der Waals surface area contributed by atoms with Crippen LogP contribution < -0.4 is 5.73 Å². The van der Waals surface area contributed by atoms with Crippen LogP contribution >= 0.6 is 0 Å². The zero-order chi connectivity index (χ0) is 11.7. The van der Waals surface area contributed by atoms with E-state index in [9.17, 15) is 4.79 Å². The van der Waals surface area contributed by atoms with Gasteiger partial charge in [-0.1, -0.05) is 12.1 Å². The van der Waals surface area contributed by atoms with E-state index in [1.165, 1.54) is 0 Å². The van der Waals surface area contributed by atoms with Gasteiger partial charge in [-0.25, -0.2) is 0 Å². The quantitative estimate of drug-likeness (QED) is 0.737. The summed E-state index contributed by atoms with van der Waals surface area (Å²) in [5.41, 5.74) is 8.86. The topological polar surface area (TPSA) is 79.1 Å². The molecule has 1 aromatic heterocycles. The van der Waals surface area contributed by atoms with Gasteiger partial charge in [-0.15, -0.1) is 0 Å². The number of nitrogens with two attached hydrogens (primary N) is 1. The number of aromatic nitrogens is 1. The molecule has 0 saturated heterocycles. The summed E-state index contributed by atoms with van der Waals surface area (Å²) < 4.78 is 0. The molecule has 0 fully saturated rings. The number of aromatic amines is 1. The number of rotatable bonds is 3. The highest BCUT2D eigenvalue weighted by molar-refractivity contribution is 5.91. The second-order valence-corrected chi connectivity index (χ2v) is 3.91. The lowest BCUT2D eigenvalue weighted by atomic mass is 10.0. The average Bonchev–Trinajstić information content (AvgIpc) is 2.52. The van der Waals surface area contributed by atoms with Crippen molar-refractivity contribution in [3.05, 3.63) is 29.3 Å². The molecule has 0 saturated carbocycles. The molecule has 0 aliphatic carbocycles. The molecule has 4 nitrogen and oxygen atoms in total. The van der Waals surface area contributed by atoms with E-state index in [0.717, 1.165) is 22.0 Å². The summed E-state index contributed by atoms with van der Waals surface area (Å²) in [4.78, 5) is 13.7. The Balaban J connectivity index is 2.50. The number of anilines is 1. The number of carboxylic acids is 1. The number of aryl methyl sites for hydroxylation is 2. The first-order valence-electron chi connectivity index (χ1n) is 5.17. The van der Waals surface area contributed by atoms with Crippen LogP contribution in [-0.4, -0.2) is 16.1 Å². The maximum absolute atomic E-state index is 10.6. The lowest BCUT2D eigenvalue weighted by Crippen LogP contribution is -1.99. The van der Waals surface area contributed by atoms with Crippen LogP contribution in [0.5, 0.6) is 0 Å². The molecule has 84 valence electrons. The Morgan fingerprint density at radius 1 is 1.50 bits per heavy atom. The zero-order valence-electron chi connectivity index (χ0n) is 9.08. The Morgan fingerprint density at radius 2 is 2.25 bits per heavy atom. The van der Waals surface area contributed by atoms with Crippen molar-refractivity contribution in [2.45, 2.75) is 19.8 Å². The van der Waals surface area contributed by atoms with Crippen molar-refractivity contribution in [1.82, 2.24) is 4.98 Å². The van der Waals surface area contributed by atoms with Gasteiger partial charge in [0.25, 0.3) is 0 Å². The van der Waals surface area contributed by atoms with Crippen LogP contribution in [0.4, 0.5) is 5.82 Å². The van der Waals surface area contributed by atoms with Gasteiger partial charge < -0.3 is 15.8 Å². The molecule has 2 aromatic rings. The van der Waals surface area contributed by atoms with Gasteiger partial charge in [0.2, 0.25) is 0 Å². The van der Waals surface area contributed by atoms with Gasteiger partial charge in [-0.05, 0) is 25.0 Å². The van der Waals surface area contributed by atoms with Crippen molar-refractivity contribution in [3.63, 3.8) is 0 Å². The molecule has 1 aromatic carbocycles. The van der Waals surface area contributed by atoms with Gasteiger partial charge >= 0.3 is 5.97 Å². The summed E-state index contributed by atoms with van der Waals surface area (Å²) >= 11 is 0. The van der Waals surface area contributed by atoms with Crippen LogP contribution in [0, 0.1) is 6.92 Å². The molecular weight excluding hydrogens is 204 g/mol. The number of aliphatic carboxylic acids is 1. The third kappa shape index (κ3) is 1.74. The molecule has 0 radical (unpaired) electrons. The molecule has 0 bridgehead atoms. The van der Waals surface area contributed by atoms with Gasteiger partial charge in [0.05, 0.1) is 0 Å². The van der Waals surface area contributed by atoms with E-state index in [1.54, 1.807) is 0 Å². The minimum absolute atomic E-state index is 0.103. The smallest absolute Gasteiger partial charge is 0.303 e. The van der Waals surface area contributed by atoms with Gasteiger partial charge in [0.1, 0.15) is 5.82 Å². The summed E-state index contributed by atoms with van der Waals surface area (Å²) in [6.45, 7) is 2.00. The van der Waals surface area contributed by atoms with Crippen molar-refractivity contribution in [2.75, 3.05) is 5.73 Å². The minimum Gasteiger partial charge on any atom is -0.481 e. The van der Waals surface area contributed by atoms with Crippen molar-refractivity contribution < 1.29 is 9.90 Å². The second kappa shape index (κ2) is 3.89. The lowest BCUT2D eigenvalue weighted by Gasteiger charge is -2.01. The molecule has 0 aliphatic heterocycles. The molecule has 16 heavy (non-hydrogen) atoms. The number of carbonyl (C=O) groups is 1. The van der Waals surface area contributed by atoms with Gasteiger partial charge in [0.15, 0.2) is 0 Å². The number of carboxylic acid groups (broad SMARTS) is 1. The van der Waals surface area contributed by atoms with E-state index in [4.69, 9.17) is 10.8 Å². The fourth-order valence-corrected chi connectivity index (χ4v) is 2.02. The average molecular weight is 218 g/mol. The van der Waals surface area contributed by atoms with E-state index in [0.29, 0.717) is 12.2 Å². The highest BCUT2D eigenvalue weighted by Crippen LogP contribution is 2.28. The first kappa shape index (κ1) is 10.5. The van der Waals surface area contributed by atoms with Crippen LogP contribution in [0.2, 0.25) is 0 Å². The maximum atomic E-state index is 10.6. The van der Waals surface area contributed by atoms with Crippen LogP contribution in [0.25, 0.3) is 10.9 Å². The molecule has 0 atom stereocenters. The number of hydrogen-bond acceptors (Lipinski definition) is 2. The summed E-state index contributed by atoms with van der Waals surface area (Å²) in [7, 11) is 0. The number of fused-ring (bicyclic) bond motifs is 1. The fraction of sp³-hybridized carbons (Fsp3) is 0.250. The number of nitrogen functional groups attached to an aromatic ring is 1. The number of hydrogen-bond donors (Lipinski definition) is 3. The van der Waals surface area contributed by atoms with Crippen LogP contribution in [0.1, 0.15) is 17.5 Å². The second-order valence-electron chi connectivity index (χ2n) is 3.91. The lowest BCUT2D eigenvalue weighted by molar-refractivity contribution is -0.136. The predicted molar refractivity (Wildman–Crippen MR) is 63.4 cm³/mol. The Hall–Kier alpha value is -1.97. The van der Waals surface area contributed by atoms with Crippen molar-refractivity contribution >= 4 is 22.7 Å².